The second kappa shape index (κ2) is 13.7. The van der Waals surface area contributed by atoms with E-state index >= 15 is 0 Å². The van der Waals surface area contributed by atoms with Crippen LogP contribution < -0.4 is 21.5 Å². The summed E-state index contributed by atoms with van der Waals surface area (Å²) in [5.41, 5.74) is 7.09. The number of likely N-dealkylation sites (N-methyl/N-ethyl adjacent to an activating group) is 1. The molecular formula is C16H32N8OS2. The lowest BCUT2D eigenvalue weighted by Gasteiger charge is -2.26. The number of thiocarbonyl (C=S) groups is 2. The van der Waals surface area contributed by atoms with E-state index in [0.717, 1.165) is 63.9 Å². The molecule has 0 aromatic rings. The summed E-state index contributed by atoms with van der Waals surface area (Å²) in [5, 5.41) is 15.7. The molecule has 11 heteroatoms. The van der Waals surface area contributed by atoms with Crippen molar-refractivity contribution < 1.29 is 4.74 Å². The molecule has 1 aliphatic rings. The van der Waals surface area contributed by atoms with Crippen LogP contribution in [0.15, 0.2) is 10.2 Å². The van der Waals surface area contributed by atoms with Crippen molar-refractivity contribution in [2.45, 2.75) is 13.8 Å². The molecule has 1 fully saturated rings. The van der Waals surface area contributed by atoms with E-state index in [1.807, 2.05) is 27.9 Å². The monoisotopic (exact) mass is 416 g/mol. The molecule has 0 bridgehead atoms. The van der Waals surface area contributed by atoms with Crippen LogP contribution in [0, 0.1) is 0 Å². The van der Waals surface area contributed by atoms with Gasteiger partial charge in [-0.25, -0.2) is 0 Å². The van der Waals surface area contributed by atoms with E-state index in [2.05, 4.69) is 41.5 Å². The highest BCUT2D eigenvalue weighted by Gasteiger charge is 2.09. The molecule has 0 atom stereocenters. The number of rotatable bonds is 9. The first-order valence-corrected chi connectivity index (χ1v) is 9.81. The average molecular weight is 417 g/mol. The first-order valence-electron chi connectivity index (χ1n) is 9.00. The molecule has 0 unspecified atom stereocenters. The number of hydrazone groups is 2. The van der Waals surface area contributed by atoms with Crippen LogP contribution in [-0.2, 0) is 4.74 Å². The van der Waals surface area contributed by atoms with Gasteiger partial charge in [0.25, 0.3) is 0 Å². The minimum Gasteiger partial charge on any atom is -0.379 e. The Morgan fingerprint density at radius 1 is 0.963 bits per heavy atom. The van der Waals surface area contributed by atoms with Gasteiger partial charge in [-0.05, 0) is 52.4 Å². The van der Waals surface area contributed by atoms with Crippen molar-refractivity contribution >= 4 is 46.1 Å². The Morgan fingerprint density at radius 2 is 1.48 bits per heavy atom. The Morgan fingerprint density at radius 3 is 2.00 bits per heavy atom. The van der Waals surface area contributed by atoms with Crippen LogP contribution in [0.1, 0.15) is 13.8 Å². The zero-order valence-electron chi connectivity index (χ0n) is 16.7. The number of ether oxygens (including phenoxy) is 1. The number of nitrogens with zero attached hydrogens (tertiary/aromatic N) is 4. The van der Waals surface area contributed by atoms with Gasteiger partial charge in [-0.2, -0.15) is 10.2 Å². The zero-order valence-corrected chi connectivity index (χ0v) is 18.3. The van der Waals surface area contributed by atoms with Crippen LogP contribution in [0.5, 0.6) is 0 Å². The highest BCUT2D eigenvalue weighted by atomic mass is 32.1. The molecule has 0 spiro atoms. The van der Waals surface area contributed by atoms with Gasteiger partial charge in [-0.15, -0.1) is 0 Å². The van der Waals surface area contributed by atoms with E-state index in [0.29, 0.717) is 10.2 Å². The first-order chi connectivity index (χ1) is 12.9. The van der Waals surface area contributed by atoms with Crippen LogP contribution in [0.4, 0.5) is 0 Å². The molecule has 0 aliphatic carbocycles. The van der Waals surface area contributed by atoms with Crippen molar-refractivity contribution in [1.29, 1.82) is 0 Å². The predicted molar refractivity (Wildman–Crippen MR) is 120 cm³/mol. The summed E-state index contributed by atoms with van der Waals surface area (Å²) in [6, 6.07) is 0. The summed E-state index contributed by atoms with van der Waals surface area (Å²) < 4.78 is 5.33. The van der Waals surface area contributed by atoms with E-state index in [1.165, 1.54) is 0 Å². The standard InChI is InChI=1S/C16H32N8OS2/c1-13(19-21-15(26)17-5-7-23(3)4)14(2)20-22-16(27)18-6-8-24-9-11-25-12-10-24/h5-12H2,1-4H3,(H2,17,21,26)(H2,18,22,27)/b19-13+,20-14+. The smallest absolute Gasteiger partial charge is 0.187 e. The van der Waals surface area contributed by atoms with Gasteiger partial charge in [0.15, 0.2) is 10.2 Å². The average Bonchev–Trinajstić information content (AvgIpc) is 2.64. The molecule has 1 rings (SSSR count). The lowest BCUT2D eigenvalue weighted by molar-refractivity contribution is 0.0389. The minimum atomic E-state index is 0.484. The highest BCUT2D eigenvalue weighted by molar-refractivity contribution is 7.80. The van der Waals surface area contributed by atoms with Crippen LogP contribution >= 0.6 is 24.4 Å². The molecule has 0 saturated carbocycles. The van der Waals surface area contributed by atoms with Crippen LogP contribution in [0.3, 0.4) is 0 Å². The molecule has 4 N–H and O–H groups in total. The van der Waals surface area contributed by atoms with Gasteiger partial charge >= 0.3 is 0 Å². The summed E-state index contributed by atoms with van der Waals surface area (Å²) in [5.74, 6) is 0. The maximum Gasteiger partial charge on any atom is 0.187 e. The molecule has 1 heterocycles. The van der Waals surface area contributed by atoms with Crippen LogP contribution in [0.2, 0.25) is 0 Å². The lowest BCUT2D eigenvalue weighted by atomic mass is 10.3. The van der Waals surface area contributed by atoms with E-state index in [-0.39, 0.29) is 0 Å². The molecule has 0 aromatic carbocycles. The van der Waals surface area contributed by atoms with Gasteiger partial charge in [-0.3, -0.25) is 15.8 Å². The van der Waals surface area contributed by atoms with Crippen molar-refractivity contribution in [2.24, 2.45) is 10.2 Å². The minimum absolute atomic E-state index is 0.484. The number of hydrogen-bond acceptors (Lipinski definition) is 7. The zero-order chi connectivity index (χ0) is 20.1. The number of morpholine rings is 1. The van der Waals surface area contributed by atoms with Crippen molar-refractivity contribution in [3.05, 3.63) is 0 Å². The van der Waals surface area contributed by atoms with Gasteiger partial charge in [0.2, 0.25) is 0 Å². The number of nitrogens with one attached hydrogen (secondary N) is 4. The van der Waals surface area contributed by atoms with Gasteiger partial charge in [0.05, 0.1) is 24.6 Å². The Labute approximate surface area is 172 Å². The fourth-order valence-corrected chi connectivity index (χ4v) is 2.35. The fourth-order valence-electron chi connectivity index (χ4n) is 2.06. The Balaban J connectivity index is 2.23. The normalized spacial score (nSPS) is 16.2. The third-order valence-electron chi connectivity index (χ3n) is 3.84. The maximum absolute atomic E-state index is 5.33. The van der Waals surface area contributed by atoms with Crippen molar-refractivity contribution in [1.82, 2.24) is 31.3 Å². The van der Waals surface area contributed by atoms with Gasteiger partial charge < -0.3 is 20.3 Å². The largest absolute Gasteiger partial charge is 0.379 e. The Bertz CT molecular complexity index is 533. The van der Waals surface area contributed by atoms with Crippen LogP contribution in [-0.4, -0.2) is 98.0 Å². The maximum atomic E-state index is 5.33. The van der Waals surface area contributed by atoms with E-state index < -0.39 is 0 Å². The van der Waals surface area contributed by atoms with E-state index in [1.54, 1.807) is 0 Å². The van der Waals surface area contributed by atoms with Gasteiger partial charge in [0.1, 0.15) is 0 Å². The third-order valence-corrected chi connectivity index (χ3v) is 4.31. The molecule has 154 valence electrons. The SMILES string of the molecule is CC(=N\NC(=S)NCCN(C)C)/C(C)=N/NC(=S)NCCN1CCOCC1. The second-order valence-electron chi connectivity index (χ2n) is 6.39. The third kappa shape index (κ3) is 11.8. The Kier molecular flexibility index (Phi) is 12.0. The molecule has 0 amide bonds. The summed E-state index contributed by atoms with van der Waals surface area (Å²) in [7, 11) is 4.02. The van der Waals surface area contributed by atoms with Gasteiger partial charge in [-0.1, -0.05) is 0 Å². The summed E-state index contributed by atoms with van der Waals surface area (Å²) in [6.45, 7) is 10.6. The Hall–Kier alpha value is -1.40. The molecule has 0 radical (unpaired) electrons. The topological polar surface area (TPSA) is 88.5 Å². The van der Waals surface area contributed by atoms with Crippen molar-refractivity contribution in [2.75, 3.05) is 66.6 Å². The van der Waals surface area contributed by atoms with Crippen molar-refractivity contribution in [3.8, 4) is 0 Å². The summed E-state index contributed by atoms with van der Waals surface area (Å²) in [6.07, 6.45) is 0. The van der Waals surface area contributed by atoms with Crippen LogP contribution in [0.25, 0.3) is 0 Å². The second-order valence-corrected chi connectivity index (χ2v) is 7.20. The van der Waals surface area contributed by atoms with Gasteiger partial charge in [0, 0.05) is 39.3 Å². The molecule has 1 aliphatic heterocycles. The lowest BCUT2D eigenvalue weighted by Crippen LogP contribution is -2.43. The predicted octanol–water partition coefficient (Wildman–Crippen LogP) is -0.440. The number of hydrogen-bond donors (Lipinski definition) is 4. The highest BCUT2D eigenvalue weighted by Crippen LogP contribution is 1.94. The molecule has 9 nitrogen and oxygen atoms in total. The quantitative estimate of drug-likeness (QED) is 0.227. The van der Waals surface area contributed by atoms with E-state index in [9.17, 15) is 0 Å². The summed E-state index contributed by atoms with van der Waals surface area (Å²) in [4.78, 5) is 4.41. The van der Waals surface area contributed by atoms with E-state index in [4.69, 9.17) is 29.2 Å². The molecule has 27 heavy (non-hydrogen) atoms. The molecule has 0 aromatic heterocycles. The van der Waals surface area contributed by atoms with Crippen molar-refractivity contribution in [3.63, 3.8) is 0 Å². The molecule has 1 saturated heterocycles. The summed E-state index contributed by atoms with van der Waals surface area (Å²) >= 11 is 10.4. The molecular weight excluding hydrogens is 384 g/mol. The first kappa shape index (κ1) is 23.6. The fraction of sp³-hybridized carbons (Fsp3) is 0.750.